The summed E-state index contributed by atoms with van der Waals surface area (Å²) >= 11 is 0. The van der Waals surface area contributed by atoms with Gasteiger partial charge in [-0.1, -0.05) is 39.0 Å². The van der Waals surface area contributed by atoms with E-state index in [1.165, 1.54) is 5.57 Å². The van der Waals surface area contributed by atoms with Crippen molar-refractivity contribution in [2.75, 3.05) is 0 Å². The van der Waals surface area contributed by atoms with E-state index in [-0.39, 0.29) is 11.3 Å². The van der Waals surface area contributed by atoms with Crippen LogP contribution in [0.1, 0.15) is 40.0 Å². The fourth-order valence-corrected chi connectivity index (χ4v) is 2.81. The number of rotatable bonds is 3. The monoisotopic (exact) mass is 206 g/mol. The van der Waals surface area contributed by atoms with Crippen LogP contribution >= 0.6 is 0 Å². The van der Waals surface area contributed by atoms with Crippen molar-refractivity contribution in [2.24, 2.45) is 17.3 Å². The minimum atomic E-state index is -0.0439. The molecule has 1 nitrogen and oxygen atoms in total. The van der Waals surface area contributed by atoms with Crippen molar-refractivity contribution in [3.8, 4) is 0 Å². The molecule has 1 rings (SSSR count). The molecule has 0 radical (unpaired) electrons. The van der Waals surface area contributed by atoms with Crippen LogP contribution < -0.4 is 0 Å². The smallest absolute Gasteiger partial charge is 0.140 e. The summed E-state index contributed by atoms with van der Waals surface area (Å²) < 4.78 is 0. The molecule has 0 unspecified atom stereocenters. The SMILES string of the molecule is C=CCC(=O)[C@H]1[C@H](C)CCC(=C)C1(C)C. The highest BCUT2D eigenvalue weighted by Gasteiger charge is 2.42. The molecule has 0 aromatic rings. The molecule has 0 bridgehead atoms. The van der Waals surface area contributed by atoms with Gasteiger partial charge >= 0.3 is 0 Å². The molecule has 0 heterocycles. The van der Waals surface area contributed by atoms with Crippen LogP contribution in [0.4, 0.5) is 0 Å². The summed E-state index contributed by atoms with van der Waals surface area (Å²) in [6, 6.07) is 0. The van der Waals surface area contributed by atoms with Crippen molar-refractivity contribution in [3.63, 3.8) is 0 Å². The van der Waals surface area contributed by atoms with Crippen LogP contribution in [0.25, 0.3) is 0 Å². The Balaban J connectivity index is 2.94. The molecule has 0 aromatic carbocycles. The maximum absolute atomic E-state index is 12.1. The zero-order chi connectivity index (χ0) is 11.6. The fourth-order valence-electron chi connectivity index (χ4n) is 2.81. The lowest BCUT2D eigenvalue weighted by Crippen LogP contribution is -2.40. The molecule has 0 aliphatic heterocycles. The van der Waals surface area contributed by atoms with Gasteiger partial charge < -0.3 is 0 Å². The minimum absolute atomic E-state index is 0.0439. The van der Waals surface area contributed by atoms with Crippen molar-refractivity contribution in [2.45, 2.75) is 40.0 Å². The van der Waals surface area contributed by atoms with Gasteiger partial charge in [0, 0.05) is 12.3 Å². The number of allylic oxidation sites excluding steroid dienone is 2. The highest BCUT2D eigenvalue weighted by Crippen LogP contribution is 2.47. The summed E-state index contributed by atoms with van der Waals surface area (Å²) in [5.74, 6) is 0.915. The van der Waals surface area contributed by atoms with Crippen LogP contribution in [-0.2, 0) is 4.79 Å². The average Bonchev–Trinajstić information content (AvgIpc) is 2.12. The third kappa shape index (κ3) is 2.22. The third-order valence-electron chi connectivity index (χ3n) is 3.85. The maximum atomic E-state index is 12.1. The molecule has 2 atom stereocenters. The standard InChI is InChI=1S/C14H22O/c1-6-7-12(15)13-10(2)8-9-11(3)14(13,4)5/h6,10,13H,1,3,7-9H2,2,4-5H3/t10-,13-/m1/s1. The molecule has 0 spiro atoms. The second-order valence-electron chi connectivity index (χ2n) is 5.28. The highest BCUT2D eigenvalue weighted by atomic mass is 16.1. The molecule has 0 saturated heterocycles. The minimum Gasteiger partial charge on any atom is -0.299 e. The van der Waals surface area contributed by atoms with E-state index in [0.717, 1.165) is 12.8 Å². The Kier molecular flexibility index (Phi) is 3.54. The van der Waals surface area contributed by atoms with Crippen LogP contribution in [0.2, 0.25) is 0 Å². The number of carbonyl (C=O) groups excluding carboxylic acids is 1. The van der Waals surface area contributed by atoms with E-state index in [2.05, 4.69) is 33.9 Å². The van der Waals surface area contributed by atoms with E-state index in [4.69, 9.17) is 0 Å². The molecule has 1 aliphatic carbocycles. The van der Waals surface area contributed by atoms with Crippen LogP contribution in [-0.4, -0.2) is 5.78 Å². The van der Waals surface area contributed by atoms with Crippen molar-refractivity contribution in [3.05, 3.63) is 24.8 Å². The van der Waals surface area contributed by atoms with Gasteiger partial charge in [-0.3, -0.25) is 4.79 Å². The molecule has 0 amide bonds. The lowest BCUT2D eigenvalue weighted by Gasteiger charge is -2.43. The Hall–Kier alpha value is -0.850. The number of carbonyl (C=O) groups is 1. The Morgan fingerprint density at radius 3 is 2.73 bits per heavy atom. The van der Waals surface area contributed by atoms with Crippen molar-refractivity contribution in [1.29, 1.82) is 0 Å². The first kappa shape index (κ1) is 12.2. The zero-order valence-corrected chi connectivity index (χ0v) is 10.2. The van der Waals surface area contributed by atoms with Gasteiger partial charge in [0.05, 0.1) is 0 Å². The summed E-state index contributed by atoms with van der Waals surface area (Å²) in [6.45, 7) is 14.2. The summed E-state index contributed by atoms with van der Waals surface area (Å²) in [7, 11) is 0. The van der Waals surface area contributed by atoms with E-state index in [0.29, 0.717) is 18.1 Å². The van der Waals surface area contributed by atoms with Gasteiger partial charge in [-0.05, 0) is 24.2 Å². The van der Waals surface area contributed by atoms with Crippen LogP contribution in [0.3, 0.4) is 0 Å². The number of ketones is 1. The van der Waals surface area contributed by atoms with E-state index < -0.39 is 0 Å². The zero-order valence-electron chi connectivity index (χ0n) is 10.2. The van der Waals surface area contributed by atoms with E-state index in [1.54, 1.807) is 6.08 Å². The lowest BCUT2D eigenvalue weighted by molar-refractivity contribution is -0.127. The van der Waals surface area contributed by atoms with Gasteiger partial charge in [0.15, 0.2) is 0 Å². The predicted molar refractivity (Wildman–Crippen MR) is 64.6 cm³/mol. The number of Topliss-reactive ketones (excluding diaryl/α,β-unsaturated/α-hetero) is 1. The quantitative estimate of drug-likeness (QED) is 0.643. The van der Waals surface area contributed by atoms with Gasteiger partial charge in [-0.15, -0.1) is 6.58 Å². The lowest BCUT2D eigenvalue weighted by atomic mass is 9.60. The second-order valence-corrected chi connectivity index (χ2v) is 5.28. The van der Waals surface area contributed by atoms with Crippen molar-refractivity contribution in [1.82, 2.24) is 0 Å². The summed E-state index contributed by atoms with van der Waals surface area (Å²) in [4.78, 5) is 12.1. The summed E-state index contributed by atoms with van der Waals surface area (Å²) in [6.07, 6.45) is 4.36. The van der Waals surface area contributed by atoms with E-state index in [1.807, 2.05) is 0 Å². The second kappa shape index (κ2) is 4.34. The molecular formula is C14H22O. The number of hydrogen-bond acceptors (Lipinski definition) is 1. The van der Waals surface area contributed by atoms with Crippen LogP contribution in [0.15, 0.2) is 24.8 Å². The first-order valence-corrected chi connectivity index (χ1v) is 5.73. The van der Waals surface area contributed by atoms with Gasteiger partial charge in [0.2, 0.25) is 0 Å². The topological polar surface area (TPSA) is 17.1 Å². The molecule has 1 saturated carbocycles. The van der Waals surface area contributed by atoms with E-state index >= 15 is 0 Å². The molecule has 1 heteroatoms. The molecule has 15 heavy (non-hydrogen) atoms. The Morgan fingerprint density at radius 2 is 2.20 bits per heavy atom. The molecule has 1 fully saturated rings. The Labute approximate surface area is 93.3 Å². The van der Waals surface area contributed by atoms with Crippen LogP contribution in [0, 0.1) is 17.3 Å². The largest absolute Gasteiger partial charge is 0.299 e. The molecule has 1 aliphatic rings. The summed E-state index contributed by atoms with van der Waals surface area (Å²) in [5, 5.41) is 0. The Morgan fingerprint density at radius 1 is 1.60 bits per heavy atom. The normalized spacial score (nSPS) is 29.9. The highest BCUT2D eigenvalue weighted by molar-refractivity contribution is 5.84. The summed E-state index contributed by atoms with van der Waals surface area (Å²) in [5.41, 5.74) is 1.18. The maximum Gasteiger partial charge on any atom is 0.140 e. The number of hydrogen-bond donors (Lipinski definition) is 0. The first-order chi connectivity index (χ1) is 6.91. The molecule has 0 aromatic heterocycles. The molecular weight excluding hydrogens is 184 g/mol. The van der Waals surface area contributed by atoms with E-state index in [9.17, 15) is 4.79 Å². The van der Waals surface area contributed by atoms with Crippen molar-refractivity contribution < 1.29 is 4.79 Å². The fraction of sp³-hybridized carbons (Fsp3) is 0.643. The van der Waals surface area contributed by atoms with Gasteiger partial charge in [0.1, 0.15) is 5.78 Å². The third-order valence-corrected chi connectivity index (χ3v) is 3.85. The van der Waals surface area contributed by atoms with Crippen LogP contribution in [0.5, 0.6) is 0 Å². The average molecular weight is 206 g/mol. The molecule has 84 valence electrons. The van der Waals surface area contributed by atoms with Gasteiger partial charge in [0.25, 0.3) is 0 Å². The Bertz CT molecular complexity index is 286. The predicted octanol–water partition coefficient (Wildman–Crippen LogP) is 3.76. The van der Waals surface area contributed by atoms with Gasteiger partial charge in [-0.2, -0.15) is 0 Å². The van der Waals surface area contributed by atoms with Gasteiger partial charge in [-0.25, -0.2) is 0 Å². The van der Waals surface area contributed by atoms with Crippen molar-refractivity contribution >= 4 is 5.78 Å². The first-order valence-electron chi connectivity index (χ1n) is 5.73. The molecule has 0 N–H and O–H groups in total.